The molecule has 0 saturated carbocycles. The van der Waals surface area contributed by atoms with Gasteiger partial charge in [0.25, 0.3) is 0 Å². The van der Waals surface area contributed by atoms with Gasteiger partial charge in [0, 0.05) is 50.7 Å². The third-order valence-electron chi connectivity index (χ3n) is 5.86. The van der Waals surface area contributed by atoms with Crippen LogP contribution in [0, 0.1) is 0 Å². The van der Waals surface area contributed by atoms with Crippen molar-refractivity contribution in [1.29, 1.82) is 0 Å². The molecule has 1 fully saturated rings. The highest BCUT2D eigenvalue weighted by Gasteiger charge is 2.16. The number of piperazine rings is 1. The monoisotopic (exact) mass is 478 g/mol. The fourth-order valence-corrected chi connectivity index (χ4v) is 4.33. The zero-order valence-corrected chi connectivity index (χ0v) is 19.9. The van der Waals surface area contributed by atoms with Crippen LogP contribution in [0.4, 0.5) is 17.3 Å². The first kappa shape index (κ1) is 22.4. The topological polar surface area (TPSA) is 91.6 Å². The lowest BCUT2D eigenvalue weighted by Gasteiger charge is -2.30. The predicted octanol–water partition coefficient (Wildman–Crippen LogP) is 3.33. The van der Waals surface area contributed by atoms with E-state index in [9.17, 15) is 0 Å². The van der Waals surface area contributed by atoms with E-state index in [4.69, 9.17) is 21.3 Å². The fraction of sp³-hybridized carbons (Fsp3) is 0.292. The van der Waals surface area contributed by atoms with E-state index in [1.807, 2.05) is 41.9 Å². The van der Waals surface area contributed by atoms with Crippen LogP contribution in [0.25, 0.3) is 17.0 Å². The average Bonchev–Trinajstić information content (AvgIpc) is 3.29. The molecule has 3 aromatic heterocycles. The van der Waals surface area contributed by atoms with Crippen molar-refractivity contribution in [3.05, 3.63) is 59.5 Å². The number of nitrogens with one attached hydrogen (secondary N) is 3. The van der Waals surface area contributed by atoms with Crippen molar-refractivity contribution in [3.8, 4) is 17.1 Å². The SMILES string of the molecule is CNCc1ccn2c(-c3nc(Nc4ccc(N5CCNCC5)cc4OC)ncc3Cl)cnc2c1. The molecule has 34 heavy (non-hydrogen) atoms. The Bertz CT molecular complexity index is 1300. The number of hydrogen-bond acceptors (Lipinski definition) is 8. The zero-order valence-electron chi connectivity index (χ0n) is 19.2. The molecule has 0 aliphatic carbocycles. The molecule has 9 nitrogen and oxygen atoms in total. The minimum Gasteiger partial charge on any atom is -0.494 e. The van der Waals surface area contributed by atoms with E-state index in [1.165, 1.54) is 0 Å². The van der Waals surface area contributed by atoms with Gasteiger partial charge in [0.1, 0.15) is 17.1 Å². The van der Waals surface area contributed by atoms with E-state index >= 15 is 0 Å². The molecule has 4 aromatic rings. The number of benzene rings is 1. The molecule has 176 valence electrons. The summed E-state index contributed by atoms with van der Waals surface area (Å²) in [7, 11) is 3.58. The lowest BCUT2D eigenvalue weighted by atomic mass is 10.2. The van der Waals surface area contributed by atoms with Crippen LogP contribution in [0.15, 0.2) is 48.9 Å². The molecular weight excluding hydrogens is 452 g/mol. The normalized spacial score (nSPS) is 13.9. The average molecular weight is 479 g/mol. The third kappa shape index (κ3) is 4.50. The van der Waals surface area contributed by atoms with Gasteiger partial charge in [-0.25, -0.2) is 15.0 Å². The Morgan fingerprint density at radius 3 is 2.76 bits per heavy atom. The Labute approximate surface area is 203 Å². The Kier molecular flexibility index (Phi) is 6.48. The number of anilines is 3. The maximum absolute atomic E-state index is 6.50. The van der Waals surface area contributed by atoms with E-state index in [-0.39, 0.29) is 0 Å². The minimum atomic E-state index is 0.425. The number of pyridine rings is 1. The Balaban J connectivity index is 1.44. The molecule has 0 atom stereocenters. The number of imidazole rings is 1. The molecule has 10 heteroatoms. The molecule has 5 rings (SSSR count). The lowest BCUT2D eigenvalue weighted by Crippen LogP contribution is -2.43. The molecule has 1 aromatic carbocycles. The summed E-state index contributed by atoms with van der Waals surface area (Å²) in [4.78, 5) is 16.0. The van der Waals surface area contributed by atoms with Gasteiger partial charge in [-0.1, -0.05) is 11.6 Å². The van der Waals surface area contributed by atoms with E-state index in [0.29, 0.717) is 16.7 Å². The Morgan fingerprint density at radius 1 is 1.12 bits per heavy atom. The van der Waals surface area contributed by atoms with Crippen molar-refractivity contribution in [2.75, 3.05) is 50.6 Å². The maximum Gasteiger partial charge on any atom is 0.227 e. The van der Waals surface area contributed by atoms with Crippen LogP contribution in [0.2, 0.25) is 5.02 Å². The van der Waals surface area contributed by atoms with Gasteiger partial charge in [-0.15, -0.1) is 0 Å². The molecule has 0 radical (unpaired) electrons. The number of nitrogens with zero attached hydrogens (tertiary/aromatic N) is 5. The zero-order chi connectivity index (χ0) is 23.5. The molecule has 4 heterocycles. The number of fused-ring (bicyclic) bond motifs is 1. The first-order chi connectivity index (χ1) is 16.7. The van der Waals surface area contributed by atoms with Crippen molar-refractivity contribution in [3.63, 3.8) is 0 Å². The quantitative estimate of drug-likeness (QED) is 0.372. The van der Waals surface area contributed by atoms with Gasteiger partial charge < -0.3 is 25.6 Å². The summed E-state index contributed by atoms with van der Waals surface area (Å²) >= 11 is 6.50. The molecule has 0 bridgehead atoms. The highest BCUT2D eigenvalue weighted by atomic mass is 35.5. The molecule has 1 saturated heterocycles. The maximum atomic E-state index is 6.50. The number of rotatable bonds is 7. The fourth-order valence-electron chi connectivity index (χ4n) is 4.14. The van der Waals surface area contributed by atoms with Gasteiger partial charge in [-0.05, 0) is 36.9 Å². The molecule has 3 N–H and O–H groups in total. The van der Waals surface area contributed by atoms with Gasteiger partial charge >= 0.3 is 0 Å². The largest absolute Gasteiger partial charge is 0.494 e. The van der Waals surface area contributed by atoms with Gasteiger partial charge in [0.05, 0.1) is 35.9 Å². The van der Waals surface area contributed by atoms with Crippen LogP contribution in [0.5, 0.6) is 5.75 Å². The Hall–Kier alpha value is -3.40. The van der Waals surface area contributed by atoms with Crippen molar-refractivity contribution in [1.82, 2.24) is 30.0 Å². The van der Waals surface area contributed by atoms with Gasteiger partial charge in [0.15, 0.2) is 0 Å². The molecule has 1 aliphatic heterocycles. The highest BCUT2D eigenvalue weighted by Crippen LogP contribution is 2.33. The first-order valence-electron chi connectivity index (χ1n) is 11.2. The number of ether oxygens (including phenoxy) is 1. The summed E-state index contributed by atoms with van der Waals surface area (Å²) in [6.45, 7) is 4.66. The summed E-state index contributed by atoms with van der Waals surface area (Å²) in [6.07, 6.45) is 5.36. The number of halogens is 1. The first-order valence-corrected chi connectivity index (χ1v) is 11.6. The summed E-state index contributed by atoms with van der Waals surface area (Å²) in [5, 5.41) is 10.3. The van der Waals surface area contributed by atoms with E-state index < -0.39 is 0 Å². The summed E-state index contributed by atoms with van der Waals surface area (Å²) in [5.41, 5.74) is 5.29. The van der Waals surface area contributed by atoms with Crippen molar-refractivity contribution in [2.24, 2.45) is 0 Å². The van der Waals surface area contributed by atoms with Crippen LogP contribution in [-0.4, -0.2) is 59.7 Å². The molecule has 0 amide bonds. The number of aromatic nitrogens is 4. The smallest absolute Gasteiger partial charge is 0.227 e. The lowest BCUT2D eigenvalue weighted by molar-refractivity contribution is 0.416. The van der Waals surface area contributed by atoms with E-state index in [0.717, 1.165) is 66.8 Å². The van der Waals surface area contributed by atoms with Gasteiger partial charge in [0.2, 0.25) is 5.95 Å². The van der Waals surface area contributed by atoms with Crippen molar-refractivity contribution in [2.45, 2.75) is 6.54 Å². The molecule has 0 unspecified atom stereocenters. The summed E-state index contributed by atoms with van der Waals surface area (Å²) < 4.78 is 7.63. The van der Waals surface area contributed by atoms with Crippen LogP contribution < -0.4 is 25.6 Å². The summed E-state index contributed by atoms with van der Waals surface area (Å²) in [5.74, 6) is 1.15. The third-order valence-corrected chi connectivity index (χ3v) is 6.14. The van der Waals surface area contributed by atoms with Crippen LogP contribution in [0.3, 0.4) is 0 Å². The number of methoxy groups -OCH3 is 1. The van der Waals surface area contributed by atoms with Crippen LogP contribution >= 0.6 is 11.6 Å². The highest BCUT2D eigenvalue weighted by molar-refractivity contribution is 6.32. The van der Waals surface area contributed by atoms with Gasteiger partial charge in [-0.3, -0.25) is 4.40 Å². The molecule has 1 aliphatic rings. The molecule has 0 spiro atoms. The Morgan fingerprint density at radius 2 is 1.97 bits per heavy atom. The summed E-state index contributed by atoms with van der Waals surface area (Å²) in [6, 6.07) is 10.2. The minimum absolute atomic E-state index is 0.425. The van der Waals surface area contributed by atoms with Crippen molar-refractivity contribution >= 4 is 34.6 Å². The number of hydrogen-bond donors (Lipinski definition) is 3. The van der Waals surface area contributed by atoms with E-state index in [1.54, 1.807) is 19.5 Å². The van der Waals surface area contributed by atoms with Crippen LogP contribution in [0.1, 0.15) is 5.56 Å². The second kappa shape index (κ2) is 9.84. The van der Waals surface area contributed by atoms with Crippen molar-refractivity contribution < 1.29 is 4.74 Å². The standard InChI is InChI=1S/C24H27ClN8O/c1-26-13-16-5-8-33-20(15-28-22(33)11-16)23-18(25)14-29-24(31-23)30-19-4-3-17(12-21(19)34-2)32-9-6-27-7-10-32/h3-5,8,11-12,14-15,26-27H,6-7,9-10,13H2,1-2H3,(H,29,30,31). The van der Waals surface area contributed by atoms with Gasteiger partial charge in [-0.2, -0.15) is 0 Å². The van der Waals surface area contributed by atoms with Crippen LogP contribution in [-0.2, 0) is 6.54 Å². The second-order valence-electron chi connectivity index (χ2n) is 8.07. The van der Waals surface area contributed by atoms with E-state index in [2.05, 4.69) is 36.9 Å². The second-order valence-corrected chi connectivity index (χ2v) is 8.48. The predicted molar refractivity (Wildman–Crippen MR) is 135 cm³/mol. The molecular formula is C24H27ClN8O.